The molecule has 3 nitrogen and oxygen atoms in total. The highest BCUT2D eigenvalue weighted by atomic mass is 79.9. The Balaban J connectivity index is 2.19. The molecule has 0 bridgehead atoms. The minimum atomic E-state index is -0.353. The van der Waals surface area contributed by atoms with Crippen molar-refractivity contribution in [3.63, 3.8) is 0 Å². The number of halogens is 1. The molecule has 0 radical (unpaired) electrons. The second-order valence-electron chi connectivity index (χ2n) is 4.25. The minimum Gasteiger partial charge on any atom is -0.358 e. The molecule has 1 atom stereocenters. The van der Waals surface area contributed by atoms with E-state index in [1.165, 1.54) is 0 Å². The van der Waals surface area contributed by atoms with Crippen molar-refractivity contribution in [3.05, 3.63) is 28.7 Å². The fraction of sp³-hybridized carbons (Fsp3) is 0.462. The zero-order chi connectivity index (χ0) is 13.0. The van der Waals surface area contributed by atoms with Crippen LogP contribution in [0.5, 0.6) is 0 Å². The molecule has 0 aliphatic carbocycles. The van der Waals surface area contributed by atoms with Crippen molar-refractivity contribution in [2.75, 3.05) is 17.4 Å². The predicted octanol–water partition coefficient (Wildman–Crippen LogP) is 3.24. The van der Waals surface area contributed by atoms with Gasteiger partial charge in [-0.2, -0.15) is 12.6 Å². The average Bonchev–Trinajstić information content (AvgIpc) is 2.55. The van der Waals surface area contributed by atoms with Gasteiger partial charge in [-0.15, -0.1) is 0 Å². The first-order valence-corrected chi connectivity index (χ1v) is 7.44. The molecule has 1 unspecified atom stereocenters. The number of rotatable bonds is 3. The Kier molecular flexibility index (Phi) is 5.09. The summed E-state index contributed by atoms with van der Waals surface area (Å²) in [6, 6.07) is 7.79. The monoisotopic (exact) mass is 329 g/mol. The van der Waals surface area contributed by atoms with Gasteiger partial charge in [0, 0.05) is 16.7 Å². The Morgan fingerprint density at radius 1 is 1.33 bits per heavy atom. The van der Waals surface area contributed by atoms with Crippen molar-refractivity contribution in [2.24, 2.45) is 0 Å². The third-order valence-corrected chi connectivity index (χ3v) is 3.73. The maximum Gasteiger partial charge on any atom is 0.256 e. The summed E-state index contributed by atoms with van der Waals surface area (Å²) >= 11 is 7.44. The van der Waals surface area contributed by atoms with Gasteiger partial charge in [0.2, 0.25) is 0 Å². The molecule has 1 saturated heterocycles. The molecule has 1 fully saturated rings. The molecule has 0 saturated carbocycles. The smallest absolute Gasteiger partial charge is 0.256 e. The summed E-state index contributed by atoms with van der Waals surface area (Å²) in [6.45, 7) is 0.757. The van der Waals surface area contributed by atoms with Crippen LogP contribution in [0.1, 0.15) is 19.3 Å². The van der Waals surface area contributed by atoms with Crippen LogP contribution in [0.2, 0.25) is 0 Å². The van der Waals surface area contributed by atoms with Crippen LogP contribution >= 0.6 is 28.6 Å². The van der Waals surface area contributed by atoms with Gasteiger partial charge in [-0.3, -0.25) is 4.79 Å². The van der Waals surface area contributed by atoms with Gasteiger partial charge in [-0.25, -0.2) is 0 Å². The molecule has 1 aliphatic heterocycles. The van der Waals surface area contributed by atoms with Crippen molar-refractivity contribution in [3.8, 4) is 0 Å². The molecule has 0 spiro atoms. The standard InChI is InChI=1S/C13H16BrNO2S/c14-10-4-6-11(7-5-10)15-8-2-1-3-12(13(15)16)17-9-18/h4-7,12,18H,1-3,8-9H2. The first-order chi connectivity index (χ1) is 8.72. The van der Waals surface area contributed by atoms with Crippen molar-refractivity contribution in [1.82, 2.24) is 0 Å². The van der Waals surface area contributed by atoms with Crippen molar-refractivity contribution in [2.45, 2.75) is 25.4 Å². The van der Waals surface area contributed by atoms with Crippen LogP contribution in [0.3, 0.4) is 0 Å². The number of anilines is 1. The first-order valence-electron chi connectivity index (χ1n) is 6.02. The molecule has 0 aromatic heterocycles. The molecule has 5 heteroatoms. The van der Waals surface area contributed by atoms with E-state index in [4.69, 9.17) is 4.74 Å². The highest BCUT2D eigenvalue weighted by Crippen LogP contribution is 2.23. The lowest BCUT2D eigenvalue weighted by molar-refractivity contribution is -0.128. The molecule has 1 aromatic carbocycles. The average molecular weight is 330 g/mol. The molecule has 98 valence electrons. The number of ether oxygens (including phenoxy) is 1. The van der Waals surface area contributed by atoms with Crippen LogP contribution in [0.15, 0.2) is 28.7 Å². The van der Waals surface area contributed by atoms with Crippen LogP contribution in [-0.4, -0.2) is 24.5 Å². The van der Waals surface area contributed by atoms with Gasteiger partial charge in [-0.05, 0) is 43.5 Å². The largest absolute Gasteiger partial charge is 0.358 e. The number of benzene rings is 1. The van der Waals surface area contributed by atoms with Gasteiger partial charge in [0.1, 0.15) is 6.10 Å². The number of hydrogen-bond acceptors (Lipinski definition) is 3. The number of amides is 1. The van der Waals surface area contributed by atoms with Gasteiger partial charge in [0.05, 0.1) is 5.94 Å². The fourth-order valence-electron chi connectivity index (χ4n) is 2.13. The number of nitrogens with zero attached hydrogens (tertiary/aromatic N) is 1. The SMILES string of the molecule is O=C1C(OCS)CCCCN1c1ccc(Br)cc1. The van der Waals surface area contributed by atoms with Crippen LogP contribution < -0.4 is 4.90 Å². The van der Waals surface area contributed by atoms with E-state index in [2.05, 4.69) is 28.6 Å². The van der Waals surface area contributed by atoms with Gasteiger partial charge in [0.25, 0.3) is 5.91 Å². The molecule has 1 aromatic rings. The van der Waals surface area contributed by atoms with E-state index in [0.29, 0.717) is 0 Å². The van der Waals surface area contributed by atoms with Crippen molar-refractivity contribution >= 4 is 40.2 Å². The highest BCUT2D eigenvalue weighted by molar-refractivity contribution is 9.10. The Labute approximate surface area is 121 Å². The number of carbonyl (C=O) groups is 1. The lowest BCUT2D eigenvalue weighted by atomic mass is 10.2. The van der Waals surface area contributed by atoms with E-state index in [-0.39, 0.29) is 18.0 Å². The Bertz CT molecular complexity index is 410. The zero-order valence-corrected chi connectivity index (χ0v) is 12.5. The van der Waals surface area contributed by atoms with E-state index in [0.717, 1.165) is 36.0 Å². The Hall–Kier alpha value is -0.520. The number of carbonyl (C=O) groups excluding carboxylic acids is 1. The molecule has 2 rings (SSSR count). The quantitative estimate of drug-likeness (QED) is 0.681. The third kappa shape index (κ3) is 3.28. The van der Waals surface area contributed by atoms with Gasteiger partial charge in [0.15, 0.2) is 0 Å². The van der Waals surface area contributed by atoms with Gasteiger partial charge >= 0.3 is 0 Å². The molecular weight excluding hydrogens is 314 g/mol. The normalized spacial score (nSPS) is 20.9. The molecular formula is C13H16BrNO2S. The summed E-state index contributed by atoms with van der Waals surface area (Å²) in [6.07, 6.45) is 2.45. The summed E-state index contributed by atoms with van der Waals surface area (Å²) in [4.78, 5) is 14.2. The summed E-state index contributed by atoms with van der Waals surface area (Å²) in [5.74, 6) is 0.328. The summed E-state index contributed by atoms with van der Waals surface area (Å²) in [7, 11) is 0. The first kappa shape index (κ1) is 13.9. The topological polar surface area (TPSA) is 29.5 Å². The fourth-order valence-corrected chi connectivity index (χ4v) is 2.57. The number of thiol groups is 1. The highest BCUT2D eigenvalue weighted by Gasteiger charge is 2.28. The minimum absolute atomic E-state index is 0.0453. The van der Waals surface area contributed by atoms with E-state index < -0.39 is 0 Å². The Morgan fingerprint density at radius 2 is 2.06 bits per heavy atom. The van der Waals surface area contributed by atoms with Crippen LogP contribution in [0, 0.1) is 0 Å². The number of hydrogen-bond donors (Lipinski definition) is 1. The van der Waals surface area contributed by atoms with Crippen LogP contribution in [0.25, 0.3) is 0 Å². The molecule has 0 N–H and O–H groups in total. The lowest BCUT2D eigenvalue weighted by Gasteiger charge is -2.24. The van der Waals surface area contributed by atoms with Crippen LogP contribution in [-0.2, 0) is 9.53 Å². The Morgan fingerprint density at radius 3 is 2.72 bits per heavy atom. The lowest BCUT2D eigenvalue weighted by Crippen LogP contribution is -2.39. The van der Waals surface area contributed by atoms with E-state index in [1.807, 2.05) is 29.2 Å². The molecule has 1 amide bonds. The maximum absolute atomic E-state index is 12.4. The molecule has 1 heterocycles. The van der Waals surface area contributed by atoms with E-state index >= 15 is 0 Å². The van der Waals surface area contributed by atoms with Gasteiger partial charge in [-0.1, -0.05) is 15.9 Å². The second kappa shape index (κ2) is 6.59. The van der Waals surface area contributed by atoms with E-state index in [9.17, 15) is 4.79 Å². The van der Waals surface area contributed by atoms with Crippen molar-refractivity contribution < 1.29 is 9.53 Å². The van der Waals surface area contributed by atoms with Gasteiger partial charge < -0.3 is 9.64 Å². The summed E-state index contributed by atoms with van der Waals surface area (Å²) in [5, 5.41) is 0. The zero-order valence-electron chi connectivity index (χ0n) is 10.0. The van der Waals surface area contributed by atoms with Crippen molar-refractivity contribution in [1.29, 1.82) is 0 Å². The van der Waals surface area contributed by atoms with E-state index in [1.54, 1.807) is 0 Å². The summed E-state index contributed by atoms with van der Waals surface area (Å²) < 4.78 is 6.43. The molecule has 18 heavy (non-hydrogen) atoms. The van der Waals surface area contributed by atoms with Crippen LogP contribution in [0.4, 0.5) is 5.69 Å². The predicted molar refractivity (Wildman–Crippen MR) is 79.1 cm³/mol. The third-order valence-electron chi connectivity index (χ3n) is 3.05. The summed E-state index contributed by atoms with van der Waals surface area (Å²) in [5.41, 5.74) is 0.929. The maximum atomic E-state index is 12.4. The second-order valence-corrected chi connectivity index (χ2v) is 5.42. The molecule has 1 aliphatic rings.